The van der Waals surface area contributed by atoms with Crippen LogP contribution in [0.15, 0.2) is 0 Å². The molecule has 0 amide bonds. The van der Waals surface area contributed by atoms with E-state index in [1.165, 1.54) is 0 Å². The molecular weight excluding hydrogens is 254 g/mol. The zero-order chi connectivity index (χ0) is 15.2. The molecule has 0 spiro atoms. The number of hydrazine groups is 1. The van der Waals surface area contributed by atoms with E-state index < -0.39 is 0 Å². The van der Waals surface area contributed by atoms with E-state index in [2.05, 4.69) is 41.5 Å². The molecule has 5 N–H and O–H groups in total. The second-order valence-electron chi connectivity index (χ2n) is 5.37. The third-order valence-corrected chi connectivity index (χ3v) is 3.67. The first-order valence-corrected chi connectivity index (χ1v) is 7.22. The first-order chi connectivity index (χ1) is 9.49. The fourth-order valence-electron chi connectivity index (χ4n) is 2.02. The molecule has 0 saturated carbocycles. The SMILES string of the molecule is CCCc1nc(NN)c(C)c(NC(C)(CC)CCO)n1. The van der Waals surface area contributed by atoms with Gasteiger partial charge in [-0.3, -0.25) is 0 Å². The van der Waals surface area contributed by atoms with Crippen LogP contribution in [-0.2, 0) is 6.42 Å². The van der Waals surface area contributed by atoms with Gasteiger partial charge in [0.25, 0.3) is 0 Å². The van der Waals surface area contributed by atoms with Crippen LogP contribution < -0.4 is 16.6 Å². The Morgan fingerprint density at radius 2 is 1.90 bits per heavy atom. The van der Waals surface area contributed by atoms with Gasteiger partial charge in [0.2, 0.25) is 0 Å². The number of aliphatic hydroxyl groups is 1. The first-order valence-electron chi connectivity index (χ1n) is 7.22. The van der Waals surface area contributed by atoms with E-state index in [0.717, 1.165) is 36.5 Å². The fraction of sp³-hybridized carbons (Fsp3) is 0.714. The number of hydrogen-bond donors (Lipinski definition) is 4. The summed E-state index contributed by atoms with van der Waals surface area (Å²) in [5.41, 5.74) is 3.33. The minimum Gasteiger partial charge on any atom is -0.396 e. The molecule has 0 radical (unpaired) electrons. The molecule has 1 heterocycles. The Morgan fingerprint density at radius 1 is 1.25 bits per heavy atom. The van der Waals surface area contributed by atoms with E-state index in [9.17, 15) is 5.11 Å². The molecule has 1 atom stereocenters. The van der Waals surface area contributed by atoms with Crippen molar-refractivity contribution in [2.24, 2.45) is 5.84 Å². The molecule has 0 aliphatic rings. The number of rotatable bonds is 8. The summed E-state index contributed by atoms with van der Waals surface area (Å²) < 4.78 is 0. The zero-order valence-electron chi connectivity index (χ0n) is 13.0. The predicted octanol–water partition coefficient (Wildman–Crippen LogP) is 1.99. The number of anilines is 2. The van der Waals surface area contributed by atoms with Crippen LogP contribution in [0.5, 0.6) is 0 Å². The number of aromatic nitrogens is 2. The van der Waals surface area contributed by atoms with Crippen LogP contribution in [0.1, 0.15) is 51.4 Å². The van der Waals surface area contributed by atoms with Crippen molar-refractivity contribution < 1.29 is 5.11 Å². The van der Waals surface area contributed by atoms with E-state index in [1.54, 1.807) is 0 Å². The summed E-state index contributed by atoms with van der Waals surface area (Å²) in [6, 6.07) is 0. The molecule has 1 rings (SSSR count). The first kappa shape index (κ1) is 16.7. The third kappa shape index (κ3) is 4.05. The molecule has 6 nitrogen and oxygen atoms in total. The molecular formula is C14H27N5O. The van der Waals surface area contributed by atoms with Crippen LogP contribution >= 0.6 is 0 Å². The Kier molecular flexibility index (Phi) is 6.16. The second-order valence-corrected chi connectivity index (χ2v) is 5.37. The molecule has 0 fully saturated rings. The van der Waals surface area contributed by atoms with E-state index in [0.29, 0.717) is 12.2 Å². The molecule has 6 heteroatoms. The lowest BCUT2D eigenvalue weighted by atomic mass is 9.94. The highest BCUT2D eigenvalue weighted by atomic mass is 16.3. The van der Waals surface area contributed by atoms with Gasteiger partial charge in [-0.05, 0) is 33.1 Å². The van der Waals surface area contributed by atoms with Gasteiger partial charge in [-0.15, -0.1) is 0 Å². The maximum Gasteiger partial charge on any atom is 0.148 e. The van der Waals surface area contributed by atoms with Gasteiger partial charge >= 0.3 is 0 Å². The highest BCUT2D eigenvalue weighted by molar-refractivity contribution is 5.57. The van der Waals surface area contributed by atoms with Gasteiger partial charge in [-0.2, -0.15) is 0 Å². The highest BCUT2D eigenvalue weighted by Gasteiger charge is 2.23. The maximum absolute atomic E-state index is 9.21. The third-order valence-electron chi connectivity index (χ3n) is 3.67. The van der Waals surface area contributed by atoms with Crippen LogP contribution in [0.25, 0.3) is 0 Å². The van der Waals surface area contributed by atoms with Crippen LogP contribution in [0.3, 0.4) is 0 Å². The van der Waals surface area contributed by atoms with Crippen molar-refractivity contribution in [2.45, 2.75) is 58.9 Å². The lowest BCUT2D eigenvalue weighted by Gasteiger charge is -2.30. The molecule has 20 heavy (non-hydrogen) atoms. The van der Waals surface area contributed by atoms with Gasteiger partial charge in [0, 0.05) is 24.1 Å². The van der Waals surface area contributed by atoms with Crippen molar-refractivity contribution >= 4 is 11.6 Å². The lowest BCUT2D eigenvalue weighted by molar-refractivity contribution is 0.251. The number of nitrogen functional groups attached to an aromatic ring is 1. The maximum atomic E-state index is 9.21. The fourth-order valence-corrected chi connectivity index (χ4v) is 2.02. The smallest absolute Gasteiger partial charge is 0.148 e. The van der Waals surface area contributed by atoms with Crippen LogP contribution in [0.2, 0.25) is 0 Å². The summed E-state index contributed by atoms with van der Waals surface area (Å²) in [7, 11) is 0. The van der Waals surface area contributed by atoms with E-state index in [1.807, 2.05) is 6.92 Å². The number of hydrogen-bond acceptors (Lipinski definition) is 6. The van der Waals surface area contributed by atoms with E-state index in [4.69, 9.17) is 5.84 Å². The molecule has 1 aromatic heterocycles. The van der Waals surface area contributed by atoms with Crippen molar-refractivity contribution in [3.63, 3.8) is 0 Å². The molecule has 0 saturated heterocycles. The quantitative estimate of drug-likeness (QED) is 0.430. The zero-order valence-corrected chi connectivity index (χ0v) is 13.0. The average Bonchev–Trinajstić information content (AvgIpc) is 2.42. The molecule has 114 valence electrons. The predicted molar refractivity (Wildman–Crippen MR) is 82.6 cm³/mol. The minimum absolute atomic E-state index is 0.144. The minimum atomic E-state index is -0.191. The summed E-state index contributed by atoms with van der Waals surface area (Å²) in [6.07, 6.45) is 3.35. The lowest BCUT2D eigenvalue weighted by Crippen LogP contribution is -2.36. The van der Waals surface area contributed by atoms with Gasteiger partial charge in [-0.1, -0.05) is 13.8 Å². The van der Waals surface area contributed by atoms with Crippen LogP contribution in [0, 0.1) is 6.92 Å². The standard InChI is InChI=1S/C14H27N5O/c1-5-7-11-16-12(10(3)13(17-11)19-15)18-14(4,6-2)8-9-20/h20H,5-9,15H2,1-4H3,(H2,16,17,18,19). The Bertz CT molecular complexity index is 438. The van der Waals surface area contributed by atoms with Gasteiger partial charge in [0.1, 0.15) is 17.5 Å². The summed E-state index contributed by atoms with van der Waals surface area (Å²) in [5.74, 6) is 7.74. The van der Waals surface area contributed by atoms with Crippen LogP contribution in [-0.4, -0.2) is 27.2 Å². The van der Waals surface area contributed by atoms with Crippen molar-refractivity contribution in [1.29, 1.82) is 0 Å². The number of nitrogens with two attached hydrogens (primary N) is 1. The van der Waals surface area contributed by atoms with E-state index in [-0.39, 0.29) is 12.1 Å². The summed E-state index contributed by atoms with van der Waals surface area (Å²) in [6.45, 7) is 8.34. The number of nitrogens with one attached hydrogen (secondary N) is 2. The monoisotopic (exact) mass is 281 g/mol. The summed E-state index contributed by atoms with van der Waals surface area (Å²) in [4.78, 5) is 8.99. The van der Waals surface area contributed by atoms with Gasteiger partial charge < -0.3 is 15.8 Å². The van der Waals surface area contributed by atoms with Crippen molar-refractivity contribution in [1.82, 2.24) is 9.97 Å². The Labute approximate surface area is 121 Å². The van der Waals surface area contributed by atoms with Crippen molar-refractivity contribution in [3.8, 4) is 0 Å². The summed E-state index contributed by atoms with van der Waals surface area (Å²) in [5, 5.41) is 12.7. The second kappa shape index (κ2) is 7.40. The van der Waals surface area contributed by atoms with Gasteiger partial charge in [0.15, 0.2) is 0 Å². The topological polar surface area (TPSA) is 96.1 Å². The molecule has 0 aliphatic heterocycles. The van der Waals surface area contributed by atoms with Crippen molar-refractivity contribution in [2.75, 3.05) is 17.3 Å². The van der Waals surface area contributed by atoms with Crippen molar-refractivity contribution in [3.05, 3.63) is 11.4 Å². The molecule has 0 bridgehead atoms. The number of aliphatic hydroxyl groups excluding tert-OH is 1. The molecule has 0 aliphatic carbocycles. The molecule has 1 unspecified atom stereocenters. The molecule has 1 aromatic rings. The largest absolute Gasteiger partial charge is 0.396 e. The summed E-state index contributed by atoms with van der Waals surface area (Å²) >= 11 is 0. The normalized spacial score (nSPS) is 13.9. The average molecular weight is 281 g/mol. The highest BCUT2D eigenvalue weighted by Crippen LogP contribution is 2.26. The van der Waals surface area contributed by atoms with Crippen LogP contribution in [0.4, 0.5) is 11.6 Å². The van der Waals surface area contributed by atoms with Gasteiger partial charge in [-0.25, -0.2) is 15.8 Å². The van der Waals surface area contributed by atoms with Gasteiger partial charge in [0.05, 0.1) is 0 Å². The Morgan fingerprint density at radius 3 is 2.40 bits per heavy atom. The van der Waals surface area contributed by atoms with E-state index >= 15 is 0 Å². The number of nitrogens with zero attached hydrogens (tertiary/aromatic N) is 2. The Hall–Kier alpha value is -1.40. The molecule has 0 aromatic carbocycles. The number of aryl methyl sites for hydroxylation is 1. The Balaban J connectivity index is 3.11.